The summed E-state index contributed by atoms with van der Waals surface area (Å²) in [5.74, 6) is -1.99. The number of benzene rings is 1. The lowest BCUT2D eigenvalue weighted by atomic mass is 10.2. The van der Waals surface area contributed by atoms with E-state index in [2.05, 4.69) is 35.8 Å². The third-order valence-electron chi connectivity index (χ3n) is 3.47. The predicted octanol–water partition coefficient (Wildman–Crippen LogP) is 0.336. The maximum absolute atomic E-state index is 13.6. The highest BCUT2D eigenvalue weighted by atomic mass is 19.1. The molecule has 0 saturated carbocycles. The summed E-state index contributed by atoms with van der Waals surface area (Å²) in [7, 11) is 3.54. The topological polar surface area (TPSA) is 140 Å². The number of anilines is 1. The molecule has 1 aromatic carbocycles. The first kappa shape index (κ1) is 19.0. The van der Waals surface area contributed by atoms with E-state index < -0.39 is 17.5 Å². The molecule has 0 aliphatic carbocycles. The Labute approximate surface area is 156 Å². The molecule has 0 spiro atoms. The summed E-state index contributed by atoms with van der Waals surface area (Å²) in [4.78, 5) is 14.2. The minimum Gasteiger partial charge on any atom is -0.378 e. The molecule has 0 unspecified atom stereocenters. The first-order chi connectivity index (χ1) is 13.4. The lowest BCUT2D eigenvalue weighted by molar-refractivity contribution is 0.0948. The van der Waals surface area contributed by atoms with Gasteiger partial charge in [0.1, 0.15) is 11.6 Å². The number of carbonyl (C=O) groups is 1. The van der Waals surface area contributed by atoms with Crippen LogP contribution in [-0.4, -0.2) is 56.4 Å². The summed E-state index contributed by atoms with van der Waals surface area (Å²) in [6.07, 6.45) is 0.978. The number of carbonyl (C=O) groups excluding carboxylic acids is 1. The molecule has 13 heteroatoms. The normalized spacial score (nSPS) is 11.5. The van der Waals surface area contributed by atoms with Crippen LogP contribution in [0.4, 0.5) is 14.6 Å². The monoisotopic (exact) mass is 391 g/mol. The Hall–Kier alpha value is -3.74. The van der Waals surface area contributed by atoms with Gasteiger partial charge in [0.25, 0.3) is 5.91 Å². The van der Waals surface area contributed by atoms with Gasteiger partial charge in [-0.25, -0.2) is 18.8 Å². The zero-order valence-electron chi connectivity index (χ0n) is 14.8. The highest BCUT2D eigenvalue weighted by Gasteiger charge is 2.24. The largest absolute Gasteiger partial charge is 0.378 e. The molecule has 1 amide bonds. The number of aromatic nitrogens is 5. The Morgan fingerprint density at radius 2 is 2.18 bits per heavy atom. The van der Waals surface area contributed by atoms with Gasteiger partial charge in [-0.1, -0.05) is 5.21 Å². The van der Waals surface area contributed by atoms with Crippen LogP contribution in [0.3, 0.4) is 0 Å². The third-order valence-corrected chi connectivity index (χ3v) is 3.47. The number of hydrogen-bond acceptors (Lipinski definition) is 9. The Bertz CT molecular complexity index is 1030. The number of nitrogens with zero attached hydrogens (tertiary/aromatic N) is 7. The number of nitrogen functional groups attached to an aromatic ring is 1. The van der Waals surface area contributed by atoms with Gasteiger partial charge in [-0.05, 0) is 42.6 Å². The average molecular weight is 391 g/mol. The summed E-state index contributed by atoms with van der Waals surface area (Å²) < 4.78 is 32.5. The van der Waals surface area contributed by atoms with Gasteiger partial charge in [-0.2, -0.15) is 9.78 Å². The molecule has 3 N–H and O–H groups in total. The molecule has 11 nitrogen and oxygen atoms in total. The molecule has 0 atom stereocenters. The van der Waals surface area contributed by atoms with Crippen LogP contribution in [0.15, 0.2) is 27.9 Å². The van der Waals surface area contributed by atoms with Crippen molar-refractivity contribution in [2.45, 2.75) is 6.54 Å². The van der Waals surface area contributed by atoms with E-state index in [4.69, 9.17) is 5.73 Å². The fourth-order valence-electron chi connectivity index (χ4n) is 2.25. The summed E-state index contributed by atoms with van der Waals surface area (Å²) in [5, 5.41) is 18.4. The number of halogens is 2. The fourth-order valence-corrected chi connectivity index (χ4v) is 2.25. The Morgan fingerprint density at radius 1 is 1.39 bits per heavy atom. The highest BCUT2D eigenvalue weighted by Crippen LogP contribution is 2.16. The molecule has 3 aromatic rings. The number of hydrazone groups is 1. The first-order valence-corrected chi connectivity index (χ1v) is 7.83. The molecule has 0 saturated heterocycles. The zero-order valence-corrected chi connectivity index (χ0v) is 14.8. The van der Waals surface area contributed by atoms with Crippen molar-refractivity contribution in [1.82, 2.24) is 35.6 Å². The van der Waals surface area contributed by atoms with Gasteiger partial charge in [0.2, 0.25) is 11.6 Å². The lowest BCUT2D eigenvalue weighted by Crippen LogP contribution is -2.23. The van der Waals surface area contributed by atoms with Crippen molar-refractivity contribution in [2.75, 3.05) is 19.8 Å². The van der Waals surface area contributed by atoms with E-state index in [0.29, 0.717) is 5.69 Å². The fraction of sp³-hybridized carbons (Fsp3) is 0.200. The first-order valence-electron chi connectivity index (χ1n) is 7.83. The van der Waals surface area contributed by atoms with Crippen molar-refractivity contribution < 1.29 is 18.2 Å². The van der Waals surface area contributed by atoms with Crippen LogP contribution in [0, 0.1) is 11.6 Å². The molecule has 2 aromatic heterocycles. The van der Waals surface area contributed by atoms with E-state index >= 15 is 0 Å². The Kier molecular flexibility index (Phi) is 5.35. The summed E-state index contributed by atoms with van der Waals surface area (Å²) in [6, 6.07) is 2.87. The van der Waals surface area contributed by atoms with Crippen molar-refractivity contribution >= 4 is 17.9 Å². The Morgan fingerprint density at radius 3 is 2.86 bits per heavy atom. The lowest BCUT2D eigenvalue weighted by Gasteiger charge is -2.11. The van der Waals surface area contributed by atoms with Crippen molar-refractivity contribution in [3.05, 3.63) is 46.8 Å². The van der Waals surface area contributed by atoms with E-state index in [1.165, 1.54) is 4.68 Å². The number of nitrogens with one attached hydrogen (secondary N) is 1. The van der Waals surface area contributed by atoms with E-state index in [-0.39, 0.29) is 29.4 Å². The van der Waals surface area contributed by atoms with E-state index in [9.17, 15) is 13.6 Å². The zero-order chi connectivity index (χ0) is 20.3. The molecule has 0 fully saturated rings. The minimum atomic E-state index is -0.716. The maximum atomic E-state index is 13.6. The molecule has 0 aliphatic heterocycles. The van der Waals surface area contributed by atoms with Gasteiger partial charge in [0.05, 0.1) is 11.9 Å². The molecular weight excluding hydrogens is 376 g/mol. The smallest absolute Gasteiger partial charge is 0.293 e. The van der Waals surface area contributed by atoms with Crippen LogP contribution >= 0.6 is 0 Å². The summed E-state index contributed by atoms with van der Waals surface area (Å²) in [5.41, 5.74) is 8.02. The van der Waals surface area contributed by atoms with Gasteiger partial charge in [-0.15, -0.1) is 5.10 Å². The van der Waals surface area contributed by atoms with Gasteiger partial charge in [-0.3, -0.25) is 4.79 Å². The average Bonchev–Trinajstić information content (AvgIpc) is 3.23. The van der Waals surface area contributed by atoms with Crippen LogP contribution in [0.5, 0.6) is 0 Å². The SMILES string of the molecule is CN(C)Cc1c(C(=O)N/N=C\c2cc(F)ccc2F)nnn1-c1nonc1N. The second kappa shape index (κ2) is 7.87. The van der Waals surface area contributed by atoms with Crippen LogP contribution < -0.4 is 11.2 Å². The van der Waals surface area contributed by atoms with Crippen LogP contribution in [0.25, 0.3) is 5.82 Å². The molecular formula is C15H15F2N9O2. The third kappa shape index (κ3) is 3.98. The second-order valence-corrected chi connectivity index (χ2v) is 5.87. The van der Waals surface area contributed by atoms with Gasteiger partial charge < -0.3 is 10.6 Å². The number of rotatable bonds is 6. The van der Waals surface area contributed by atoms with E-state index in [1.807, 2.05) is 0 Å². The van der Waals surface area contributed by atoms with Crippen LogP contribution in [0.2, 0.25) is 0 Å². The summed E-state index contributed by atoms with van der Waals surface area (Å²) >= 11 is 0. The number of nitrogens with two attached hydrogens (primary N) is 1. The second-order valence-electron chi connectivity index (χ2n) is 5.87. The number of amides is 1. The molecule has 0 radical (unpaired) electrons. The van der Waals surface area contributed by atoms with Crippen LogP contribution in [-0.2, 0) is 6.54 Å². The van der Waals surface area contributed by atoms with Gasteiger partial charge in [0.15, 0.2) is 5.69 Å². The van der Waals surface area contributed by atoms with Gasteiger partial charge >= 0.3 is 0 Å². The van der Waals surface area contributed by atoms with Crippen molar-refractivity contribution in [3.8, 4) is 5.82 Å². The predicted molar refractivity (Wildman–Crippen MR) is 92.4 cm³/mol. The van der Waals surface area contributed by atoms with E-state index in [0.717, 1.165) is 24.4 Å². The molecule has 146 valence electrons. The summed E-state index contributed by atoms with van der Waals surface area (Å²) in [6.45, 7) is 0.254. The quantitative estimate of drug-likeness (QED) is 0.453. The molecule has 0 bridgehead atoms. The molecule has 2 heterocycles. The van der Waals surface area contributed by atoms with Crippen LogP contribution in [0.1, 0.15) is 21.7 Å². The standard InChI is InChI=1S/C15H15F2N9O2/c1-25(2)7-11-12(20-24-26(11)14-13(18)22-28-23-14)15(27)21-19-6-8-5-9(16)3-4-10(8)17/h3-6H,7H2,1-2H3,(H2,18,22)(H,21,27)/b19-6-. The van der Waals surface area contributed by atoms with Crippen molar-refractivity contribution in [3.63, 3.8) is 0 Å². The highest BCUT2D eigenvalue weighted by molar-refractivity contribution is 5.94. The minimum absolute atomic E-state index is 0.0311. The molecule has 28 heavy (non-hydrogen) atoms. The number of hydrogen-bond donors (Lipinski definition) is 2. The maximum Gasteiger partial charge on any atom is 0.293 e. The van der Waals surface area contributed by atoms with Crippen molar-refractivity contribution in [2.24, 2.45) is 5.10 Å². The van der Waals surface area contributed by atoms with E-state index in [1.54, 1.807) is 19.0 Å². The van der Waals surface area contributed by atoms with Gasteiger partial charge in [0, 0.05) is 12.1 Å². The van der Waals surface area contributed by atoms with Crippen molar-refractivity contribution in [1.29, 1.82) is 0 Å². The molecule has 3 rings (SSSR count). The Balaban J connectivity index is 1.85. The molecule has 0 aliphatic rings.